The molecule has 1 amide bonds. The van der Waals surface area contributed by atoms with Crippen LogP contribution < -0.4 is 10.1 Å². The van der Waals surface area contributed by atoms with Crippen molar-refractivity contribution in [2.24, 2.45) is 0 Å². The van der Waals surface area contributed by atoms with Crippen molar-refractivity contribution in [3.63, 3.8) is 0 Å². The molecule has 0 bridgehead atoms. The lowest BCUT2D eigenvalue weighted by atomic mass is 10.2. The minimum atomic E-state index is -0.341. The predicted molar refractivity (Wildman–Crippen MR) is 91.5 cm³/mol. The molecular formula is C19H17N3O3. The normalized spacial score (nSPS) is 10.2. The second kappa shape index (κ2) is 7.41. The van der Waals surface area contributed by atoms with E-state index < -0.39 is 0 Å². The number of aromatic nitrogens is 1. The predicted octanol–water partition coefficient (Wildman–Crippen LogP) is 3.27. The van der Waals surface area contributed by atoms with Crippen LogP contribution >= 0.6 is 0 Å². The highest BCUT2D eigenvalue weighted by Crippen LogP contribution is 2.20. The van der Waals surface area contributed by atoms with Crippen molar-refractivity contribution in [1.82, 2.24) is 9.88 Å². The second-order valence-corrected chi connectivity index (χ2v) is 5.25. The van der Waals surface area contributed by atoms with Gasteiger partial charge < -0.3 is 19.0 Å². The molecule has 0 saturated heterocycles. The highest BCUT2D eigenvalue weighted by molar-refractivity contribution is 5.95. The summed E-state index contributed by atoms with van der Waals surface area (Å²) in [5.41, 5.74) is 1.37. The van der Waals surface area contributed by atoms with Gasteiger partial charge in [0.05, 0.1) is 25.0 Å². The first-order chi connectivity index (χ1) is 12.2. The molecular weight excluding hydrogens is 318 g/mol. The number of nitriles is 1. The van der Waals surface area contributed by atoms with Crippen molar-refractivity contribution < 1.29 is 13.9 Å². The zero-order chi connectivity index (χ0) is 17.6. The summed E-state index contributed by atoms with van der Waals surface area (Å²) >= 11 is 0. The first-order valence-electron chi connectivity index (χ1n) is 7.88. The average Bonchev–Trinajstić information content (AvgIpc) is 3.30. The van der Waals surface area contributed by atoms with Gasteiger partial charge >= 0.3 is 0 Å². The maximum absolute atomic E-state index is 12.6. The molecule has 0 aliphatic carbocycles. The lowest BCUT2D eigenvalue weighted by Gasteiger charge is -2.11. The number of nitrogens with zero attached hydrogens (tertiary/aromatic N) is 2. The topological polar surface area (TPSA) is 80.2 Å². The Bertz CT molecular complexity index is 887. The van der Waals surface area contributed by atoms with Crippen LogP contribution in [0.1, 0.15) is 28.7 Å². The van der Waals surface area contributed by atoms with Crippen LogP contribution in [0.15, 0.2) is 59.3 Å². The van der Waals surface area contributed by atoms with Gasteiger partial charge in [-0.1, -0.05) is 0 Å². The number of hydrogen-bond acceptors (Lipinski definition) is 4. The van der Waals surface area contributed by atoms with E-state index >= 15 is 0 Å². The SMILES string of the molecule is CCOc1ccc(-n2ccc(C#N)c2C(=O)NCc2ccco2)cc1. The summed E-state index contributed by atoms with van der Waals surface area (Å²) in [7, 11) is 0. The third kappa shape index (κ3) is 3.56. The number of carbonyl (C=O) groups excluding carboxylic acids is 1. The van der Waals surface area contributed by atoms with Crippen molar-refractivity contribution in [3.8, 4) is 17.5 Å². The van der Waals surface area contributed by atoms with Gasteiger partial charge in [0.1, 0.15) is 23.3 Å². The van der Waals surface area contributed by atoms with E-state index in [1.54, 1.807) is 35.2 Å². The van der Waals surface area contributed by atoms with Crippen LogP contribution in [0.4, 0.5) is 0 Å². The van der Waals surface area contributed by atoms with Gasteiger partial charge in [-0.05, 0) is 49.4 Å². The first kappa shape index (κ1) is 16.4. The Labute approximate surface area is 145 Å². The largest absolute Gasteiger partial charge is 0.494 e. The molecule has 3 rings (SSSR count). The zero-order valence-electron chi connectivity index (χ0n) is 13.7. The monoisotopic (exact) mass is 335 g/mol. The summed E-state index contributed by atoms with van der Waals surface area (Å²) in [6.45, 7) is 2.76. The van der Waals surface area contributed by atoms with Crippen LogP contribution in [0.2, 0.25) is 0 Å². The molecule has 2 aromatic heterocycles. The van der Waals surface area contributed by atoms with Crippen molar-refractivity contribution in [2.45, 2.75) is 13.5 Å². The highest BCUT2D eigenvalue weighted by atomic mass is 16.5. The Morgan fingerprint density at radius 2 is 2.08 bits per heavy atom. The van der Waals surface area contributed by atoms with E-state index in [0.717, 1.165) is 11.4 Å². The van der Waals surface area contributed by atoms with Gasteiger partial charge in [0, 0.05) is 11.9 Å². The minimum absolute atomic E-state index is 0.255. The fraction of sp³-hybridized carbons (Fsp3) is 0.158. The molecule has 1 aromatic carbocycles. The van der Waals surface area contributed by atoms with Crippen LogP contribution in [0.5, 0.6) is 5.75 Å². The molecule has 6 heteroatoms. The average molecular weight is 335 g/mol. The quantitative estimate of drug-likeness (QED) is 0.750. The third-order valence-corrected chi connectivity index (χ3v) is 3.65. The standard InChI is InChI=1S/C19H17N3O3/c1-2-24-16-7-5-15(6-8-16)22-10-9-14(12-20)18(22)19(23)21-13-17-4-3-11-25-17/h3-11H,2,13H2,1H3,(H,21,23). The maximum atomic E-state index is 12.6. The molecule has 0 fully saturated rings. The molecule has 126 valence electrons. The molecule has 2 heterocycles. The molecule has 25 heavy (non-hydrogen) atoms. The zero-order valence-corrected chi connectivity index (χ0v) is 13.7. The Balaban J connectivity index is 1.86. The number of amides is 1. The Morgan fingerprint density at radius 3 is 2.72 bits per heavy atom. The molecule has 1 N–H and O–H groups in total. The van der Waals surface area contributed by atoms with Gasteiger partial charge in [0.25, 0.3) is 5.91 Å². The molecule has 0 aliphatic heterocycles. The van der Waals surface area contributed by atoms with Gasteiger partial charge in [-0.3, -0.25) is 4.79 Å². The van der Waals surface area contributed by atoms with Crippen LogP contribution in [0, 0.1) is 11.3 Å². The smallest absolute Gasteiger partial charge is 0.270 e. The molecule has 0 atom stereocenters. The van der Waals surface area contributed by atoms with E-state index in [1.165, 1.54) is 0 Å². The Morgan fingerprint density at radius 1 is 1.28 bits per heavy atom. The Kier molecular flexibility index (Phi) is 4.86. The van der Waals surface area contributed by atoms with Gasteiger partial charge in [-0.15, -0.1) is 0 Å². The fourth-order valence-corrected chi connectivity index (χ4v) is 2.50. The van der Waals surface area contributed by atoms with Gasteiger partial charge in [-0.2, -0.15) is 5.26 Å². The minimum Gasteiger partial charge on any atom is -0.494 e. The summed E-state index contributed by atoms with van der Waals surface area (Å²) in [5, 5.41) is 12.1. The first-order valence-corrected chi connectivity index (χ1v) is 7.88. The lowest BCUT2D eigenvalue weighted by Crippen LogP contribution is -2.25. The molecule has 0 radical (unpaired) electrons. The number of hydrogen-bond donors (Lipinski definition) is 1. The van der Waals surface area contributed by atoms with E-state index in [0.29, 0.717) is 23.6 Å². The number of benzene rings is 1. The highest BCUT2D eigenvalue weighted by Gasteiger charge is 2.18. The molecule has 0 spiro atoms. The van der Waals surface area contributed by atoms with Crippen molar-refractivity contribution in [2.75, 3.05) is 6.61 Å². The maximum Gasteiger partial charge on any atom is 0.270 e. The van der Waals surface area contributed by atoms with Crippen LogP contribution in [-0.4, -0.2) is 17.1 Å². The van der Waals surface area contributed by atoms with E-state index in [-0.39, 0.29) is 12.5 Å². The van der Waals surface area contributed by atoms with Crippen LogP contribution in [-0.2, 0) is 6.54 Å². The second-order valence-electron chi connectivity index (χ2n) is 5.25. The third-order valence-electron chi connectivity index (χ3n) is 3.65. The molecule has 6 nitrogen and oxygen atoms in total. The lowest BCUT2D eigenvalue weighted by molar-refractivity contribution is 0.0941. The molecule has 0 saturated carbocycles. The van der Waals surface area contributed by atoms with Gasteiger partial charge in [0.15, 0.2) is 0 Å². The fourth-order valence-electron chi connectivity index (χ4n) is 2.50. The van der Waals surface area contributed by atoms with E-state index in [4.69, 9.17) is 9.15 Å². The molecule has 0 unspecified atom stereocenters. The summed E-state index contributed by atoms with van der Waals surface area (Å²) in [6.07, 6.45) is 3.25. The van der Waals surface area contributed by atoms with Crippen LogP contribution in [0.3, 0.4) is 0 Å². The van der Waals surface area contributed by atoms with Crippen LogP contribution in [0.25, 0.3) is 5.69 Å². The number of nitrogens with one attached hydrogen (secondary N) is 1. The number of rotatable bonds is 6. The summed E-state index contributed by atoms with van der Waals surface area (Å²) < 4.78 is 12.3. The van der Waals surface area contributed by atoms with E-state index in [9.17, 15) is 10.1 Å². The molecule has 0 aliphatic rings. The van der Waals surface area contributed by atoms with Gasteiger partial charge in [0.2, 0.25) is 0 Å². The summed E-state index contributed by atoms with van der Waals surface area (Å²) in [5.74, 6) is 1.06. The van der Waals surface area contributed by atoms with Crippen molar-refractivity contribution in [3.05, 3.63) is 71.9 Å². The van der Waals surface area contributed by atoms with Crippen molar-refractivity contribution in [1.29, 1.82) is 5.26 Å². The summed E-state index contributed by atoms with van der Waals surface area (Å²) in [4.78, 5) is 12.6. The van der Waals surface area contributed by atoms with E-state index in [1.807, 2.05) is 31.2 Å². The number of ether oxygens (including phenoxy) is 1. The van der Waals surface area contributed by atoms with Gasteiger partial charge in [-0.25, -0.2) is 0 Å². The number of carbonyl (C=O) groups is 1. The Hall–Kier alpha value is -3.46. The van der Waals surface area contributed by atoms with E-state index in [2.05, 4.69) is 11.4 Å². The number of furan rings is 1. The van der Waals surface area contributed by atoms with Crippen molar-refractivity contribution >= 4 is 5.91 Å². The molecule has 3 aromatic rings. The summed E-state index contributed by atoms with van der Waals surface area (Å²) in [6, 6.07) is 14.6.